The monoisotopic (exact) mass is 237 g/mol. The smallest absolute Gasteiger partial charge is 0.303 e. The molecule has 0 atom stereocenters. The largest absolute Gasteiger partial charge is 0.481 e. The van der Waals surface area contributed by atoms with Crippen LogP contribution in [0.1, 0.15) is 39.0 Å². The van der Waals surface area contributed by atoms with Crippen LogP contribution in [0.2, 0.25) is 0 Å². The second-order valence-electron chi connectivity index (χ2n) is 3.42. The van der Waals surface area contributed by atoms with E-state index in [-0.39, 0.29) is 18.6 Å². The minimum Gasteiger partial charge on any atom is -0.481 e. The summed E-state index contributed by atoms with van der Waals surface area (Å²) in [6.45, 7) is 2.49. The predicted octanol–water partition coefficient (Wildman–Crippen LogP) is 0.961. The average molecular weight is 237 g/mol. The molecule has 0 rings (SSSR count). The van der Waals surface area contributed by atoms with Gasteiger partial charge in [-0.25, -0.2) is 13.1 Å². The molecule has 0 radical (unpaired) electrons. The molecule has 0 fully saturated rings. The molecule has 0 aromatic carbocycles. The van der Waals surface area contributed by atoms with Crippen LogP contribution in [0.4, 0.5) is 0 Å². The highest BCUT2D eigenvalue weighted by molar-refractivity contribution is 7.89. The van der Waals surface area contributed by atoms with Crippen LogP contribution in [-0.2, 0) is 14.8 Å². The molecule has 0 bridgehead atoms. The van der Waals surface area contributed by atoms with E-state index in [1.165, 1.54) is 0 Å². The molecule has 15 heavy (non-hydrogen) atoms. The maximum Gasteiger partial charge on any atom is 0.303 e. The first-order chi connectivity index (χ1) is 6.98. The van der Waals surface area contributed by atoms with Crippen molar-refractivity contribution in [3.05, 3.63) is 0 Å². The SMILES string of the molecule is CCCCCNS(=O)(=O)CCCC(=O)O. The van der Waals surface area contributed by atoms with Gasteiger partial charge in [0.2, 0.25) is 10.0 Å². The van der Waals surface area contributed by atoms with Gasteiger partial charge in [-0.1, -0.05) is 19.8 Å². The zero-order valence-corrected chi connectivity index (χ0v) is 9.85. The van der Waals surface area contributed by atoms with E-state index in [9.17, 15) is 13.2 Å². The molecule has 0 aliphatic carbocycles. The van der Waals surface area contributed by atoms with Gasteiger partial charge in [-0.3, -0.25) is 4.79 Å². The molecule has 0 unspecified atom stereocenters. The Bertz CT molecular complexity index is 274. The molecule has 90 valence electrons. The lowest BCUT2D eigenvalue weighted by Crippen LogP contribution is -2.27. The highest BCUT2D eigenvalue weighted by atomic mass is 32.2. The minimum absolute atomic E-state index is 0.101. The molecule has 0 amide bonds. The standard InChI is InChI=1S/C9H19NO4S/c1-2-3-4-7-10-15(13,14)8-5-6-9(11)12/h10H,2-8H2,1H3,(H,11,12). The van der Waals surface area contributed by atoms with E-state index in [0.717, 1.165) is 19.3 Å². The normalized spacial score (nSPS) is 11.5. The molecule has 0 saturated heterocycles. The number of unbranched alkanes of at least 4 members (excludes halogenated alkanes) is 2. The molecule has 0 aromatic rings. The number of carboxylic acid groups (broad SMARTS) is 1. The Labute approximate surface area is 90.9 Å². The van der Waals surface area contributed by atoms with E-state index in [2.05, 4.69) is 4.72 Å². The summed E-state index contributed by atoms with van der Waals surface area (Å²) in [6, 6.07) is 0. The van der Waals surface area contributed by atoms with Crippen molar-refractivity contribution in [1.29, 1.82) is 0 Å². The molecule has 5 nitrogen and oxygen atoms in total. The van der Waals surface area contributed by atoms with Crippen molar-refractivity contribution >= 4 is 16.0 Å². The Morgan fingerprint density at radius 1 is 1.27 bits per heavy atom. The Morgan fingerprint density at radius 2 is 1.93 bits per heavy atom. The molecule has 2 N–H and O–H groups in total. The van der Waals surface area contributed by atoms with Crippen LogP contribution >= 0.6 is 0 Å². The second-order valence-corrected chi connectivity index (χ2v) is 5.34. The first-order valence-corrected chi connectivity index (χ1v) is 6.82. The average Bonchev–Trinajstić information content (AvgIpc) is 2.11. The van der Waals surface area contributed by atoms with Gasteiger partial charge in [-0.2, -0.15) is 0 Å². The minimum atomic E-state index is -3.27. The molecule has 6 heteroatoms. The summed E-state index contributed by atoms with van der Waals surface area (Å²) < 4.78 is 25.0. The maximum absolute atomic E-state index is 11.3. The highest BCUT2D eigenvalue weighted by Gasteiger charge is 2.09. The van der Waals surface area contributed by atoms with Crippen molar-refractivity contribution in [2.75, 3.05) is 12.3 Å². The number of carbonyl (C=O) groups is 1. The van der Waals surface area contributed by atoms with Gasteiger partial charge in [0.1, 0.15) is 0 Å². The lowest BCUT2D eigenvalue weighted by atomic mass is 10.3. The molecule has 0 aromatic heterocycles. The second kappa shape index (κ2) is 7.64. The number of hydrogen-bond acceptors (Lipinski definition) is 3. The Balaban J connectivity index is 3.63. The fraction of sp³-hybridized carbons (Fsp3) is 0.889. The van der Waals surface area contributed by atoms with Crippen molar-refractivity contribution < 1.29 is 18.3 Å². The zero-order chi connectivity index (χ0) is 11.7. The summed E-state index contributed by atoms with van der Waals surface area (Å²) in [5.41, 5.74) is 0. The van der Waals surface area contributed by atoms with Gasteiger partial charge in [-0.05, 0) is 12.8 Å². The molecule has 0 aliphatic rings. The first kappa shape index (κ1) is 14.4. The van der Waals surface area contributed by atoms with Gasteiger partial charge in [-0.15, -0.1) is 0 Å². The number of carboxylic acids is 1. The van der Waals surface area contributed by atoms with E-state index in [1.807, 2.05) is 6.92 Å². The summed E-state index contributed by atoms with van der Waals surface area (Å²) in [5.74, 6) is -1.07. The summed E-state index contributed by atoms with van der Waals surface area (Å²) in [7, 11) is -3.27. The van der Waals surface area contributed by atoms with Crippen LogP contribution in [0.25, 0.3) is 0 Å². The number of rotatable bonds is 9. The Morgan fingerprint density at radius 3 is 2.47 bits per heavy atom. The van der Waals surface area contributed by atoms with E-state index in [0.29, 0.717) is 6.54 Å². The van der Waals surface area contributed by atoms with Crippen LogP contribution in [0, 0.1) is 0 Å². The molecule has 0 heterocycles. The van der Waals surface area contributed by atoms with E-state index in [1.54, 1.807) is 0 Å². The van der Waals surface area contributed by atoms with Gasteiger partial charge in [0, 0.05) is 13.0 Å². The molecular formula is C9H19NO4S. The third-order valence-corrected chi connectivity index (χ3v) is 3.38. The Kier molecular flexibility index (Phi) is 7.33. The lowest BCUT2D eigenvalue weighted by Gasteiger charge is -2.04. The van der Waals surface area contributed by atoms with Crippen LogP contribution in [0.5, 0.6) is 0 Å². The zero-order valence-electron chi connectivity index (χ0n) is 9.03. The van der Waals surface area contributed by atoms with Gasteiger partial charge in [0.05, 0.1) is 5.75 Å². The van der Waals surface area contributed by atoms with Crippen molar-refractivity contribution in [3.8, 4) is 0 Å². The number of aliphatic carboxylic acids is 1. The first-order valence-electron chi connectivity index (χ1n) is 5.17. The summed E-state index contributed by atoms with van der Waals surface area (Å²) in [6.07, 6.45) is 2.93. The number of hydrogen-bond donors (Lipinski definition) is 2. The van der Waals surface area contributed by atoms with E-state index < -0.39 is 16.0 Å². The third kappa shape index (κ3) is 9.68. The summed E-state index contributed by atoms with van der Waals surface area (Å²) in [5, 5.41) is 8.34. The van der Waals surface area contributed by atoms with Gasteiger partial charge >= 0.3 is 5.97 Å². The fourth-order valence-corrected chi connectivity index (χ4v) is 2.21. The lowest BCUT2D eigenvalue weighted by molar-refractivity contribution is -0.137. The molecular weight excluding hydrogens is 218 g/mol. The topological polar surface area (TPSA) is 83.5 Å². The summed E-state index contributed by atoms with van der Waals surface area (Å²) >= 11 is 0. The van der Waals surface area contributed by atoms with Crippen molar-refractivity contribution in [2.45, 2.75) is 39.0 Å². The van der Waals surface area contributed by atoms with Gasteiger partial charge < -0.3 is 5.11 Å². The van der Waals surface area contributed by atoms with Crippen LogP contribution in [0.15, 0.2) is 0 Å². The summed E-state index contributed by atoms with van der Waals surface area (Å²) in [4.78, 5) is 10.2. The van der Waals surface area contributed by atoms with Gasteiger partial charge in [0.25, 0.3) is 0 Å². The van der Waals surface area contributed by atoms with E-state index >= 15 is 0 Å². The third-order valence-electron chi connectivity index (χ3n) is 1.91. The van der Waals surface area contributed by atoms with Crippen LogP contribution in [0.3, 0.4) is 0 Å². The molecule has 0 saturated carbocycles. The highest BCUT2D eigenvalue weighted by Crippen LogP contribution is 1.96. The molecule has 0 spiro atoms. The molecule has 0 aliphatic heterocycles. The Hall–Kier alpha value is -0.620. The fourth-order valence-electron chi connectivity index (χ4n) is 1.09. The number of nitrogens with one attached hydrogen (secondary N) is 1. The number of sulfonamides is 1. The quantitative estimate of drug-likeness (QED) is 0.585. The van der Waals surface area contributed by atoms with Crippen molar-refractivity contribution in [2.24, 2.45) is 0 Å². The van der Waals surface area contributed by atoms with E-state index in [4.69, 9.17) is 5.11 Å². The predicted molar refractivity (Wildman–Crippen MR) is 58.2 cm³/mol. The maximum atomic E-state index is 11.3. The van der Waals surface area contributed by atoms with Gasteiger partial charge in [0.15, 0.2) is 0 Å². The van der Waals surface area contributed by atoms with Crippen molar-refractivity contribution in [1.82, 2.24) is 4.72 Å². The van der Waals surface area contributed by atoms with Crippen LogP contribution < -0.4 is 4.72 Å². The van der Waals surface area contributed by atoms with Crippen LogP contribution in [-0.4, -0.2) is 31.8 Å². The van der Waals surface area contributed by atoms with Crippen molar-refractivity contribution in [3.63, 3.8) is 0 Å².